The molecule has 0 bridgehead atoms. The summed E-state index contributed by atoms with van der Waals surface area (Å²) >= 11 is 0. The summed E-state index contributed by atoms with van der Waals surface area (Å²) < 4.78 is 5.87. The van der Waals surface area contributed by atoms with Crippen molar-refractivity contribution in [2.24, 2.45) is 11.7 Å². The van der Waals surface area contributed by atoms with Crippen LogP contribution in [0.1, 0.15) is 53.9 Å². The zero-order chi connectivity index (χ0) is 13.8. The Bertz CT molecular complexity index is 255. The Labute approximate surface area is 113 Å². The molecule has 3 nitrogen and oxygen atoms in total. The summed E-state index contributed by atoms with van der Waals surface area (Å²) in [7, 11) is 0. The fourth-order valence-electron chi connectivity index (χ4n) is 3.19. The van der Waals surface area contributed by atoms with E-state index < -0.39 is 0 Å². The number of ether oxygens (including phenoxy) is 1. The summed E-state index contributed by atoms with van der Waals surface area (Å²) in [6.07, 6.45) is 3.34. The van der Waals surface area contributed by atoms with Crippen LogP contribution >= 0.6 is 0 Å². The van der Waals surface area contributed by atoms with E-state index in [1.54, 1.807) is 0 Å². The molecule has 0 amide bonds. The number of hydrogen-bond donors (Lipinski definition) is 1. The van der Waals surface area contributed by atoms with Gasteiger partial charge in [-0.05, 0) is 39.2 Å². The molecule has 0 spiro atoms. The monoisotopic (exact) mass is 256 g/mol. The summed E-state index contributed by atoms with van der Waals surface area (Å²) in [5.74, 6) is 0.735. The molecule has 0 saturated carbocycles. The minimum absolute atomic E-state index is 0.0412. The number of nitrogens with zero attached hydrogens (tertiary/aromatic N) is 1. The van der Waals surface area contributed by atoms with Crippen LogP contribution in [0.3, 0.4) is 0 Å². The molecule has 0 radical (unpaired) electrons. The maximum Gasteiger partial charge on any atom is 0.0644 e. The van der Waals surface area contributed by atoms with Gasteiger partial charge in [-0.25, -0.2) is 0 Å². The van der Waals surface area contributed by atoms with E-state index in [4.69, 9.17) is 10.5 Å². The van der Waals surface area contributed by atoms with Gasteiger partial charge in [-0.2, -0.15) is 0 Å². The Morgan fingerprint density at radius 3 is 2.44 bits per heavy atom. The summed E-state index contributed by atoms with van der Waals surface area (Å²) in [5, 5.41) is 0. The third-order valence-electron chi connectivity index (χ3n) is 4.48. The molecule has 1 aliphatic heterocycles. The van der Waals surface area contributed by atoms with E-state index in [1.165, 1.54) is 6.42 Å². The van der Waals surface area contributed by atoms with Crippen LogP contribution < -0.4 is 5.73 Å². The van der Waals surface area contributed by atoms with Gasteiger partial charge in [-0.1, -0.05) is 27.2 Å². The van der Waals surface area contributed by atoms with Gasteiger partial charge < -0.3 is 10.5 Å². The van der Waals surface area contributed by atoms with Gasteiger partial charge in [0.1, 0.15) is 0 Å². The van der Waals surface area contributed by atoms with E-state index in [0.717, 1.165) is 45.0 Å². The number of rotatable bonds is 6. The Morgan fingerprint density at radius 2 is 2.00 bits per heavy atom. The van der Waals surface area contributed by atoms with Crippen LogP contribution in [0.4, 0.5) is 0 Å². The van der Waals surface area contributed by atoms with Gasteiger partial charge in [0.15, 0.2) is 0 Å². The predicted molar refractivity (Wildman–Crippen MR) is 77.8 cm³/mol. The first-order valence-electron chi connectivity index (χ1n) is 7.48. The first kappa shape index (κ1) is 15.9. The van der Waals surface area contributed by atoms with Crippen LogP contribution in [0.2, 0.25) is 0 Å². The molecule has 1 rings (SSSR count). The molecule has 2 atom stereocenters. The van der Waals surface area contributed by atoms with Crippen LogP contribution in [-0.4, -0.2) is 42.3 Å². The van der Waals surface area contributed by atoms with Gasteiger partial charge >= 0.3 is 0 Å². The fraction of sp³-hybridized carbons (Fsp3) is 1.00. The predicted octanol–water partition coefficient (Wildman–Crippen LogP) is 2.64. The molecule has 2 N–H and O–H groups in total. The van der Waals surface area contributed by atoms with Crippen LogP contribution in [0.15, 0.2) is 0 Å². The molecule has 0 aromatic rings. The minimum Gasteiger partial charge on any atom is -0.375 e. The molecular weight excluding hydrogens is 224 g/mol. The van der Waals surface area contributed by atoms with Gasteiger partial charge in [0, 0.05) is 25.2 Å². The lowest BCUT2D eigenvalue weighted by Gasteiger charge is -2.51. The van der Waals surface area contributed by atoms with Crippen LogP contribution in [-0.2, 0) is 4.74 Å². The number of likely N-dealkylation sites (N-methyl/N-ethyl adjacent to an activating group) is 1. The topological polar surface area (TPSA) is 38.5 Å². The molecule has 1 fully saturated rings. The van der Waals surface area contributed by atoms with E-state index in [2.05, 4.69) is 39.5 Å². The Kier molecular flexibility index (Phi) is 5.63. The molecule has 2 unspecified atom stereocenters. The molecule has 0 aliphatic carbocycles. The number of nitrogens with two attached hydrogens (primary N) is 1. The largest absolute Gasteiger partial charge is 0.375 e. The van der Waals surface area contributed by atoms with Crippen LogP contribution in [0.25, 0.3) is 0 Å². The van der Waals surface area contributed by atoms with Gasteiger partial charge in [-0.15, -0.1) is 0 Å². The second-order valence-corrected chi connectivity index (χ2v) is 6.52. The van der Waals surface area contributed by atoms with Crippen molar-refractivity contribution in [1.82, 2.24) is 4.90 Å². The highest BCUT2D eigenvalue weighted by Gasteiger charge is 2.43. The van der Waals surface area contributed by atoms with Crippen molar-refractivity contribution < 1.29 is 4.74 Å². The maximum atomic E-state index is 6.16. The molecule has 108 valence electrons. The third kappa shape index (κ3) is 3.69. The first-order valence-corrected chi connectivity index (χ1v) is 7.48. The second kappa shape index (κ2) is 6.36. The zero-order valence-electron chi connectivity index (χ0n) is 13.0. The normalized spacial score (nSPS) is 29.5. The SMILES string of the molecule is CCC(C)CN(CC)C1(CN)CCOC(C)(C)C1. The van der Waals surface area contributed by atoms with E-state index in [0.29, 0.717) is 0 Å². The van der Waals surface area contributed by atoms with Crippen molar-refractivity contribution in [3.05, 3.63) is 0 Å². The van der Waals surface area contributed by atoms with Crippen molar-refractivity contribution in [2.45, 2.75) is 65.0 Å². The van der Waals surface area contributed by atoms with E-state index in [-0.39, 0.29) is 11.1 Å². The molecule has 1 saturated heterocycles. The first-order chi connectivity index (χ1) is 8.39. The zero-order valence-corrected chi connectivity index (χ0v) is 13.0. The standard InChI is InChI=1S/C15H32N2O/c1-6-13(3)10-17(7-2)15(12-16)8-9-18-14(4,5)11-15/h13H,6-12,16H2,1-5H3. The van der Waals surface area contributed by atoms with Gasteiger partial charge in [-0.3, -0.25) is 4.90 Å². The molecule has 0 aromatic carbocycles. The smallest absolute Gasteiger partial charge is 0.0644 e. The van der Waals surface area contributed by atoms with Crippen LogP contribution in [0, 0.1) is 5.92 Å². The van der Waals surface area contributed by atoms with Crippen molar-refractivity contribution in [3.63, 3.8) is 0 Å². The average molecular weight is 256 g/mol. The van der Waals surface area contributed by atoms with Crippen molar-refractivity contribution in [3.8, 4) is 0 Å². The lowest BCUT2D eigenvalue weighted by molar-refractivity contribution is -0.119. The summed E-state index contributed by atoms with van der Waals surface area (Å²) in [5.41, 5.74) is 6.25. The Balaban J connectivity index is 2.83. The summed E-state index contributed by atoms with van der Waals surface area (Å²) in [6.45, 7) is 15.0. The molecule has 1 aliphatic rings. The average Bonchev–Trinajstić information content (AvgIpc) is 2.34. The lowest BCUT2D eigenvalue weighted by Crippen LogP contribution is -2.61. The van der Waals surface area contributed by atoms with Gasteiger partial charge in [0.25, 0.3) is 0 Å². The highest BCUT2D eigenvalue weighted by molar-refractivity contribution is 4.99. The van der Waals surface area contributed by atoms with Gasteiger partial charge in [0.05, 0.1) is 5.60 Å². The van der Waals surface area contributed by atoms with Crippen LogP contribution in [0.5, 0.6) is 0 Å². The Morgan fingerprint density at radius 1 is 1.33 bits per heavy atom. The highest BCUT2D eigenvalue weighted by atomic mass is 16.5. The number of hydrogen-bond acceptors (Lipinski definition) is 3. The molecule has 1 heterocycles. The van der Waals surface area contributed by atoms with Crippen molar-refractivity contribution in [2.75, 3.05) is 26.2 Å². The minimum atomic E-state index is -0.0412. The van der Waals surface area contributed by atoms with Crippen molar-refractivity contribution in [1.29, 1.82) is 0 Å². The maximum absolute atomic E-state index is 6.16. The van der Waals surface area contributed by atoms with E-state index in [9.17, 15) is 0 Å². The third-order valence-corrected chi connectivity index (χ3v) is 4.48. The lowest BCUT2D eigenvalue weighted by atomic mass is 9.79. The molecule has 3 heteroatoms. The highest BCUT2D eigenvalue weighted by Crippen LogP contribution is 2.36. The summed E-state index contributed by atoms with van der Waals surface area (Å²) in [4.78, 5) is 2.60. The van der Waals surface area contributed by atoms with Gasteiger partial charge in [0.2, 0.25) is 0 Å². The van der Waals surface area contributed by atoms with E-state index >= 15 is 0 Å². The molecular formula is C15H32N2O. The quantitative estimate of drug-likeness (QED) is 0.794. The van der Waals surface area contributed by atoms with E-state index in [1.807, 2.05) is 0 Å². The van der Waals surface area contributed by atoms with Crippen molar-refractivity contribution >= 4 is 0 Å². The summed E-state index contributed by atoms with van der Waals surface area (Å²) in [6, 6.07) is 0. The second-order valence-electron chi connectivity index (χ2n) is 6.52. The Hall–Kier alpha value is -0.120. The fourth-order valence-corrected chi connectivity index (χ4v) is 3.19. The molecule has 0 aromatic heterocycles. The molecule has 18 heavy (non-hydrogen) atoms.